The molecule has 0 spiro atoms. The normalized spacial score (nSPS) is 11.7. The van der Waals surface area contributed by atoms with E-state index in [1.807, 2.05) is 39.0 Å². The van der Waals surface area contributed by atoms with Crippen molar-refractivity contribution in [1.29, 1.82) is 0 Å². The second-order valence-corrected chi connectivity index (χ2v) is 8.66. The summed E-state index contributed by atoms with van der Waals surface area (Å²) in [6, 6.07) is 22.9. The third-order valence-electron chi connectivity index (χ3n) is 6.35. The molecule has 4 aromatic rings. The molecule has 0 aliphatic carbocycles. The van der Waals surface area contributed by atoms with Crippen molar-refractivity contribution in [3.05, 3.63) is 107 Å². The van der Waals surface area contributed by atoms with E-state index in [0.29, 0.717) is 6.54 Å². The van der Waals surface area contributed by atoms with Crippen LogP contribution in [0.5, 0.6) is 5.75 Å². The number of benzene rings is 3. The third kappa shape index (κ3) is 4.91. The number of hydrogen-bond acceptors (Lipinski definition) is 3. The lowest BCUT2D eigenvalue weighted by Crippen LogP contribution is -2.24. The highest BCUT2D eigenvalue weighted by molar-refractivity contribution is 5.98. The fourth-order valence-electron chi connectivity index (χ4n) is 4.56. The molecule has 0 bridgehead atoms. The standard InChI is InChI=1S/C30H31NO3/c1-20(26-18-27-21(2)19-34-30(27)22(3)29(26)33-4)17-28(32)31-16-15-25(23-11-7-5-8-12-23)24-13-9-6-10-14-24/h5-14,17-19,25H,15-16H2,1-4H3,(H,31,32)/b20-17+. The average Bonchev–Trinajstić information content (AvgIpc) is 3.23. The van der Waals surface area contributed by atoms with Crippen LogP contribution in [0.25, 0.3) is 16.5 Å². The van der Waals surface area contributed by atoms with Gasteiger partial charge in [-0.25, -0.2) is 0 Å². The van der Waals surface area contributed by atoms with Crippen LogP contribution in [-0.4, -0.2) is 19.6 Å². The number of carbonyl (C=O) groups excluding carboxylic acids is 1. The van der Waals surface area contributed by atoms with Crippen molar-refractivity contribution in [2.45, 2.75) is 33.1 Å². The number of furan rings is 1. The van der Waals surface area contributed by atoms with Gasteiger partial charge < -0.3 is 14.5 Å². The molecule has 34 heavy (non-hydrogen) atoms. The summed E-state index contributed by atoms with van der Waals surface area (Å²) in [5.74, 6) is 0.847. The van der Waals surface area contributed by atoms with Crippen LogP contribution in [0.1, 0.15) is 47.1 Å². The van der Waals surface area contributed by atoms with Gasteiger partial charge in [0, 0.05) is 35.1 Å². The second-order valence-electron chi connectivity index (χ2n) is 8.66. The predicted molar refractivity (Wildman–Crippen MR) is 138 cm³/mol. The van der Waals surface area contributed by atoms with Crippen molar-refractivity contribution in [2.75, 3.05) is 13.7 Å². The number of allylic oxidation sites excluding steroid dienone is 1. The van der Waals surface area contributed by atoms with Crippen LogP contribution >= 0.6 is 0 Å². The summed E-state index contributed by atoms with van der Waals surface area (Å²) < 4.78 is 11.4. The highest BCUT2D eigenvalue weighted by Crippen LogP contribution is 2.37. The lowest BCUT2D eigenvalue weighted by molar-refractivity contribution is -0.116. The molecule has 174 valence electrons. The molecule has 0 aliphatic heterocycles. The molecule has 3 aromatic carbocycles. The topological polar surface area (TPSA) is 51.5 Å². The first-order chi connectivity index (χ1) is 16.5. The molecule has 0 aliphatic rings. The Morgan fingerprint density at radius 3 is 2.24 bits per heavy atom. The van der Waals surface area contributed by atoms with E-state index in [0.717, 1.165) is 45.4 Å². The summed E-state index contributed by atoms with van der Waals surface area (Å²) in [4.78, 5) is 12.8. The summed E-state index contributed by atoms with van der Waals surface area (Å²) in [7, 11) is 1.65. The molecule has 1 amide bonds. The Morgan fingerprint density at radius 1 is 1.03 bits per heavy atom. The maximum absolute atomic E-state index is 12.8. The summed E-state index contributed by atoms with van der Waals surface area (Å²) in [6.07, 6.45) is 4.22. The number of hydrogen-bond donors (Lipinski definition) is 1. The van der Waals surface area contributed by atoms with Gasteiger partial charge in [0.25, 0.3) is 0 Å². The quantitative estimate of drug-likeness (QED) is 0.299. The summed E-state index contributed by atoms with van der Waals surface area (Å²) in [5, 5.41) is 4.11. The Morgan fingerprint density at radius 2 is 1.65 bits per heavy atom. The van der Waals surface area contributed by atoms with Crippen LogP contribution in [0.2, 0.25) is 0 Å². The monoisotopic (exact) mass is 453 g/mol. The summed E-state index contributed by atoms with van der Waals surface area (Å²) >= 11 is 0. The Kier molecular flexibility index (Phi) is 7.17. The first-order valence-corrected chi connectivity index (χ1v) is 11.6. The fraction of sp³-hybridized carbons (Fsp3) is 0.233. The van der Waals surface area contributed by atoms with E-state index in [-0.39, 0.29) is 11.8 Å². The number of ether oxygens (including phenoxy) is 1. The largest absolute Gasteiger partial charge is 0.496 e. The van der Waals surface area contributed by atoms with E-state index in [1.54, 1.807) is 19.4 Å². The number of fused-ring (bicyclic) bond motifs is 1. The van der Waals surface area contributed by atoms with Crippen molar-refractivity contribution in [3.8, 4) is 5.75 Å². The van der Waals surface area contributed by atoms with Crippen LogP contribution in [-0.2, 0) is 4.79 Å². The molecule has 4 rings (SSSR count). The lowest BCUT2D eigenvalue weighted by Gasteiger charge is -2.18. The summed E-state index contributed by atoms with van der Waals surface area (Å²) in [5.41, 5.74) is 7.07. The van der Waals surface area contributed by atoms with Crippen molar-refractivity contribution < 1.29 is 13.9 Å². The molecule has 0 saturated heterocycles. The van der Waals surface area contributed by atoms with Gasteiger partial charge in [-0.15, -0.1) is 0 Å². The average molecular weight is 454 g/mol. The number of amides is 1. The van der Waals surface area contributed by atoms with Crippen molar-refractivity contribution in [2.24, 2.45) is 0 Å². The Balaban J connectivity index is 1.50. The van der Waals surface area contributed by atoms with Crippen molar-refractivity contribution in [1.82, 2.24) is 5.32 Å². The molecular formula is C30H31NO3. The minimum atomic E-state index is -0.110. The minimum absolute atomic E-state index is 0.110. The maximum atomic E-state index is 12.8. The van der Waals surface area contributed by atoms with E-state index >= 15 is 0 Å². The second kappa shape index (κ2) is 10.4. The van der Waals surface area contributed by atoms with Gasteiger partial charge in [-0.2, -0.15) is 0 Å². The van der Waals surface area contributed by atoms with Crippen molar-refractivity contribution >= 4 is 22.4 Å². The van der Waals surface area contributed by atoms with E-state index in [2.05, 4.69) is 53.8 Å². The van der Waals surface area contributed by atoms with Gasteiger partial charge >= 0.3 is 0 Å². The maximum Gasteiger partial charge on any atom is 0.244 e. The lowest BCUT2D eigenvalue weighted by atomic mass is 9.88. The van der Waals surface area contributed by atoms with Gasteiger partial charge in [-0.3, -0.25) is 4.79 Å². The molecular weight excluding hydrogens is 422 g/mol. The zero-order chi connectivity index (χ0) is 24.1. The molecule has 1 heterocycles. The van der Waals surface area contributed by atoms with E-state index in [4.69, 9.17) is 9.15 Å². The Hall–Kier alpha value is -3.79. The van der Waals surface area contributed by atoms with Crippen LogP contribution in [0.4, 0.5) is 0 Å². The van der Waals surface area contributed by atoms with Gasteiger partial charge in [0.05, 0.1) is 13.4 Å². The van der Waals surface area contributed by atoms with E-state index in [1.165, 1.54) is 11.1 Å². The molecule has 0 fully saturated rings. The SMILES string of the molecule is COc1c(/C(C)=C/C(=O)NCCC(c2ccccc2)c2ccccc2)cc2c(C)coc2c1C. The Bertz CT molecular complexity index is 1260. The van der Waals surface area contributed by atoms with Gasteiger partial charge in [0.2, 0.25) is 5.91 Å². The van der Waals surface area contributed by atoms with Crippen molar-refractivity contribution in [3.63, 3.8) is 0 Å². The first kappa shape index (κ1) is 23.4. The fourth-order valence-corrected chi connectivity index (χ4v) is 4.56. The van der Waals surface area contributed by atoms with Crippen LogP contribution in [0.3, 0.4) is 0 Å². The molecule has 1 N–H and O–H groups in total. The molecule has 0 radical (unpaired) electrons. The number of methoxy groups -OCH3 is 1. The number of aryl methyl sites for hydroxylation is 2. The first-order valence-electron chi connectivity index (χ1n) is 11.6. The van der Waals surface area contributed by atoms with E-state index < -0.39 is 0 Å². The Labute approximate surface area is 201 Å². The molecule has 0 saturated carbocycles. The van der Waals surface area contributed by atoms with Gasteiger partial charge in [-0.05, 0) is 55.5 Å². The molecule has 4 nitrogen and oxygen atoms in total. The van der Waals surface area contributed by atoms with Crippen LogP contribution < -0.4 is 10.1 Å². The zero-order valence-electron chi connectivity index (χ0n) is 20.2. The molecule has 4 heteroatoms. The zero-order valence-corrected chi connectivity index (χ0v) is 20.2. The predicted octanol–water partition coefficient (Wildman–Crippen LogP) is 6.80. The van der Waals surface area contributed by atoms with Crippen LogP contribution in [0.15, 0.2) is 83.5 Å². The van der Waals surface area contributed by atoms with Gasteiger partial charge in [0.15, 0.2) is 0 Å². The van der Waals surface area contributed by atoms with Crippen LogP contribution in [0, 0.1) is 13.8 Å². The minimum Gasteiger partial charge on any atom is -0.496 e. The highest BCUT2D eigenvalue weighted by Gasteiger charge is 2.17. The third-order valence-corrected chi connectivity index (χ3v) is 6.35. The van der Waals surface area contributed by atoms with Gasteiger partial charge in [-0.1, -0.05) is 60.7 Å². The number of rotatable bonds is 8. The number of carbonyl (C=O) groups is 1. The van der Waals surface area contributed by atoms with E-state index in [9.17, 15) is 4.79 Å². The van der Waals surface area contributed by atoms with Gasteiger partial charge in [0.1, 0.15) is 11.3 Å². The molecule has 0 atom stereocenters. The smallest absolute Gasteiger partial charge is 0.244 e. The highest BCUT2D eigenvalue weighted by atomic mass is 16.5. The molecule has 0 unspecified atom stereocenters. The summed E-state index contributed by atoms with van der Waals surface area (Å²) in [6.45, 7) is 6.51. The molecule has 1 aromatic heterocycles. The number of nitrogens with one attached hydrogen (secondary N) is 1.